The van der Waals surface area contributed by atoms with E-state index in [4.69, 9.17) is 11.6 Å². The van der Waals surface area contributed by atoms with Crippen LogP contribution in [0.15, 0.2) is 42.5 Å². The summed E-state index contributed by atoms with van der Waals surface area (Å²) in [5, 5.41) is 11.2. The van der Waals surface area contributed by atoms with Gasteiger partial charge in [0.2, 0.25) is 11.7 Å². The van der Waals surface area contributed by atoms with Gasteiger partial charge in [-0.25, -0.2) is 23.1 Å². The molecule has 0 saturated heterocycles. The van der Waals surface area contributed by atoms with Gasteiger partial charge >= 0.3 is 26.2 Å². The van der Waals surface area contributed by atoms with Crippen molar-refractivity contribution in [3.8, 4) is 23.0 Å². The lowest BCUT2D eigenvalue weighted by molar-refractivity contribution is -0.143. The molecule has 3 amide bonds. The van der Waals surface area contributed by atoms with Crippen LogP contribution in [0.5, 0.6) is 0 Å². The molecule has 0 aliphatic heterocycles. The molecule has 30 heteroatoms. The molecular formula is C43H42ClF10N8O8PS2. The summed E-state index contributed by atoms with van der Waals surface area (Å²) in [6.45, 7) is 1.42. The lowest BCUT2D eigenvalue weighted by Crippen LogP contribution is -2.46. The molecule has 3 aromatic heterocycles. The summed E-state index contributed by atoms with van der Waals surface area (Å²) in [4.78, 5) is 50.8. The van der Waals surface area contributed by atoms with Crippen molar-refractivity contribution in [2.75, 3.05) is 23.4 Å². The van der Waals surface area contributed by atoms with E-state index in [-0.39, 0.29) is 27.1 Å². The Morgan fingerprint density at radius 1 is 1.03 bits per heavy atom. The van der Waals surface area contributed by atoms with Crippen LogP contribution in [0.4, 0.5) is 54.5 Å². The number of hydrogen-bond acceptors (Lipinski definition) is 9. The Kier molecular flexibility index (Phi) is 16.6. The molecule has 4 unspecified atom stereocenters. The lowest BCUT2D eigenvalue weighted by Gasteiger charge is -2.23. The number of halogens is 11. The second-order valence-electron chi connectivity index (χ2n) is 17.2. The maximum Gasteiger partial charge on any atom is 0.469 e. The summed E-state index contributed by atoms with van der Waals surface area (Å²) in [5.41, 5.74) is -5.53. The SMILES string of the molecule is CC(CNC(=O)N(c1nn(CC(F)(F)F)c2c(-c3ccc(C#CC(C)(C)[S+](C)[O-])nc3C(Cc3cc(F)cc(F)c3)NC(=O)Cn3nc(C(F)(F)F)c4c3C(F)(F)C[C@@H]4C)ccc(Cl)c12)[S+](C)[O-])OP(=O)(O)O. The number of pyridine rings is 1. The van der Waals surface area contributed by atoms with E-state index in [1.807, 2.05) is 0 Å². The third-order valence-electron chi connectivity index (χ3n) is 11.1. The largest absolute Gasteiger partial charge is 0.615 e. The van der Waals surface area contributed by atoms with Gasteiger partial charge in [-0.15, -0.1) is 5.10 Å². The normalized spacial score (nSPS) is 16.6. The number of phosphoric acid groups is 1. The number of nitrogens with zero attached hydrogens (tertiary/aromatic N) is 6. The van der Waals surface area contributed by atoms with E-state index >= 15 is 8.78 Å². The molecule has 2 aromatic carbocycles. The van der Waals surface area contributed by atoms with Gasteiger partial charge < -0.3 is 29.5 Å². The topological polar surface area (TPSA) is 223 Å². The molecule has 16 nitrogen and oxygen atoms in total. The van der Waals surface area contributed by atoms with Crippen LogP contribution in [-0.2, 0) is 68.0 Å². The van der Waals surface area contributed by atoms with Crippen molar-refractivity contribution in [2.24, 2.45) is 0 Å². The van der Waals surface area contributed by atoms with Gasteiger partial charge in [0, 0.05) is 35.7 Å². The van der Waals surface area contributed by atoms with Gasteiger partial charge in [-0.1, -0.05) is 28.9 Å². The molecule has 73 heavy (non-hydrogen) atoms. The molecule has 0 fully saturated rings. The Morgan fingerprint density at radius 2 is 1.66 bits per heavy atom. The predicted molar refractivity (Wildman–Crippen MR) is 247 cm³/mol. The van der Waals surface area contributed by atoms with E-state index in [0.29, 0.717) is 15.1 Å². The highest BCUT2D eigenvalue weighted by Gasteiger charge is 2.53. The number of hydrogen-bond donors (Lipinski definition) is 4. The molecule has 5 aromatic rings. The first-order valence-corrected chi connectivity index (χ1v) is 26.1. The highest BCUT2D eigenvalue weighted by atomic mass is 35.5. The van der Waals surface area contributed by atoms with Crippen molar-refractivity contribution >= 4 is 70.6 Å². The van der Waals surface area contributed by atoms with Crippen molar-refractivity contribution in [1.29, 1.82) is 0 Å². The maximum atomic E-state index is 15.4. The van der Waals surface area contributed by atoms with Crippen molar-refractivity contribution in [3.63, 3.8) is 0 Å². The highest BCUT2D eigenvalue weighted by molar-refractivity contribution is 7.93. The standard InChI is InChI=1S/C43H42ClF10N8O8PS2/c1-21-17-41(47,48)37-32(21)36(43(52,53)54)58-60(37)19-31(63)57-30(15-23-13-24(45)16-25(46)14-23)34-27(8-7-26(56-34)11-12-40(3,4)72(5)68)28-9-10-29(44)33-35(28)61(20-42(49,50)51)59-38(33)62(73(6)69)39(64)55-18-22(2)70-71(65,66)67/h7-10,13-14,16,21-22,30H,15,17-20H2,1-6H3,(H,55,64)(H,57,63)(H2,65,66,67)/t21-,22?,30?,72?,73?/m0/s1. The summed E-state index contributed by atoms with van der Waals surface area (Å²) in [5.74, 6) is -4.06. The van der Waals surface area contributed by atoms with Crippen LogP contribution < -0.4 is 14.9 Å². The Labute approximate surface area is 419 Å². The minimum Gasteiger partial charge on any atom is -0.615 e. The number of phosphoric ester groups is 1. The number of anilines is 1. The first kappa shape index (κ1) is 57.2. The zero-order valence-electron chi connectivity index (χ0n) is 38.8. The highest BCUT2D eigenvalue weighted by Crippen LogP contribution is 2.52. The molecule has 1 aliphatic carbocycles. The Balaban J connectivity index is 1.60. The lowest BCUT2D eigenvalue weighted by atomic mass is 9.93. The number of alkyl halides is 8. The second kappa shape index (κ2) is 21.3. The first-order chi connectivity index (χ1) is 33.6. The number of carbonyl (C=O) groups excluding carboxylic acids is 2. The van der Waals surface area contributed by atoms with E-state index in [9.17, 15) is 68.2 Å². The number of benzene rings is 2. The molecule has 0 radical (unpaired) electrons. The van der Waals surface area contributed by atoms with Crippen LogP contribution in [0.2, 0.25) is 5.02 Å². The fourth-order valence-electron chi connectivity index (χ4n) is 7.93. The summed E-state index contributed by atoms with van der Waals surface area (Å²) >= 11 is 2.58. The summed E-state index contributed by atoms with van der Waals surface area (Å²) < 4.78 is 188. The number of aromatic nitrogens is 5. The number of fused-ring (bicyclic) bond motifs is 2. The molecule has 0 saturated carbocycles. The van der Waals surface area contributed by atoms with Crippen molar-refractivity contribution in [1.82, 2.24) is 35.2 Å². The minimum absolute atomic E-state index is 0.175. The number of carbonyl (C=O) groups is 2. The molecule has 4 N–H and O–H groups in total. The van der Waals surface area contributed by atoms with Crippen LogP contribution in [0, 0.1) is 23.5 Å². The quantitative estimate of drug-likeness (QED) is 0.0338. The number of urea groups is 1. The third kappa shape index (κ3) is 13.4. The number of nitrogens with one attached hydrogen (secondary N) is 2. The second-order valence-corrected chi connectivity index (χ2v) is 22.0. The van der Waals surface area contributed by atoms with Crippen LogP contribution >= 0.6 is 19.4 Å². The van der Waals surface area contributed by atoms with Gasteiger partial charge in [-0.05, 0) is 92.0 Å². The molecule has 0 spiro atoms. The minimum atomic E-state index is -5.24. The van der Waals surface area contributed by atoms with Crippen LogP contribution in [-0.4, -0.2) is 91.5 Å². The van der Waals surface area contributed by atoms with Gasteiger partial charge in [0.1, 0.15) is 42.4 Å². The molecule has 0 bridgehead atoms. The van der Waals surface area contributed by atoms with E-state index in [2.05, 4.69) is 42.2 Å². The molecule has 6 rings (SSSR count). The summed E-state index contributed by atoms with van der Waals surface area (Å²) in [7, 11) is -5.08. The van der Waals surface area contributed by atoms with Crippen molar-refractivity contribution in [2.45, 2.75) is 94.7 Å². The Hall–Kier alpha value is -5.11. The Morgan fingerprint density at radius 3 is 2.23 bits per heavy atom. The van der Waals surface area contributed by atoms with Gasteiger partial charge in [-0.2, -0.15) is 40.2 Å². The zero-order chi connectivity index (χ0) is 54.5. The number of rotatable bonds is 15. The predicted octanol–water partition coefficient (Wildman–Crippen LogP) is 8.32. The molecular weight excluding hydrogens is 1080 g/mol. The smallest absolute Gasteiger partial charge is 0.469 e. The zero-order valence-corrected chi connectivity index (χ0v) is 42.0. The van der Waals surface area contributed by atoms with E-state index in [1.165, 1.54) is 32.2 Å². The average Bonchev–Trinajstić information content (AvgIpc) is 3.87. The van der Waals surface area contributed by atoms with Gasteiger partial charge in [0.15, 0.2) is 10.4 Å². The molecule has 5 atom stereocenters. The summed E-state index contributed by atoms with van der Waals surface area (Å²) in [6, 6.07) is 3.84. The van der Waals surface area contributed by atoms with E-state index in [0.717, 1.165) is 44.4 Å². The number of amides is 3. The van der Waals surface area contributed by atoms with Gasteiger partial charge in [0.05, 0.1) is 51.4 Å². The maximum absolute atomic E-state index is 15.4. The fraction of sp³-hybridized carbons (Fsp3) is 0.419. The first-order valence-electron chi connectivity index (χ1n) is 21.2. The Bertz CT molecular complexity index is 3030. The van der Waals surface area contributed by atoms with Gasteiger partial charge in [0.25, 0.3) is 5.92 Å². The van der Waals surface area contributed by atoms with Crippen LogP contribution in [0.1, 0.15) is 80.0 Å². The molecule has 1 aliphatic rings. The average molecular weight is 1120 g/mol. The fourth-order valence-corrected chi connectivity index (χ4v) is 9.58. The summed E-state index contributed by atoms with van der Waals surface area (Å²) in [6.07, 6.45) is -11.1. The van der Waals surface area contributed by atoms with Gasteiger partial charge in [-0.3, -0.25) is 18.7 Å². The van der Waals surface area contributed by atoms with E-state index in [1.54, 1.807) is 0 Å². The van der Waals surface area contributed by atoms with Crippen molar-refractivity contribution < 1.29 is 81.5 Å². The third-order valence-corrected chi connectivity index (χ3v) is 14.4. The monoisotopic (exact) mass is 1120 g/mol. The molecule has 396 valence electrons. The van der Waals surface area contributed by atoms with Crippen LogP contribution in [0.3, 0.4) is 0 Å². The van der Waals surface area contributed by atoms with Crippen LogP contribution in [0.25, 0.3) is 22.0 Å². The van der Waals surface area contributed by atoms with Crippen molar-refractivity contribution in [3.05, 3.63) is 93.0 Å². The molecule has 3 heterocycles. The van der Waals surface area contributed by atoms with E-state index < -0.39 is 172 Å².